The van der Waals surface area contributed by atoms with Crippen molar-refractivity contribution < 1.29 is 24.2 Å². The summed E-state index contributed by atoms with van der Waals surface area (Å²) >= 11 is 0. The molecule has 6 heteroatoms. The Bertz CT molecular complexity index is 981. The molecular formula is C24H27NO5. The molecule has 1 heterocycles. The van der Waals surface area contributed by atoms with Crippen molar-refractivity contribution in [1.29, 1.82) is 0 Å². The van der Waals surface area contributed by atoms with Gasteiger partial charge < -0.3 is 19.5 Å². The summed E-state index contributed by atoms with van der Waals surface area (Å²) in [7, 11) is 3.11. The van der Waals surface area contributed by atoms with Crippen LogP contribution in [0.25, 0.3) is 5.76 Å². The van der Waals surface area contributed by atoms with E-state index in [4.69, 9.17) is 9.47 Å². The van der Waals surface area contributed by atoms with E-state index in [1.54, 1.807) is 13.2 Å². The number of aliphatic hydroxyl groups excluding tert-OH is 1. The maximum absolute atomic E-state index is 13.0. The van der Waals surface area contributed by atoms with Crippen molar-refractivity contribution in [2.24, 2.45) is 0 Å². The third kappa shape index (κ3) is 3.96. The van der Waals surface area contributed by atoms with E-state index < -0.39 is 17.7 Å². The highest BCUT2D eigenvalue weighted by Crippen LogP contribution is 2.41. The molecule has 0 spiro atoms. The third-order valence-electron chi connectivity index (χ3n) is 5.28. The van der Waals surface area contributed by atoms with Crippen molar-refractivity contribution >= 4 is 17.4 Å². The number of aliphatic hydroxyl groups is 1. The average molecular weight is 409 g/mol. The molecule has 1 aliphatic heterocycles. The van der Waals surface area contributed by atoms with Crippen LogP contribution in [-0.2, 0) is 14.3 Å². The number of nitrogens with zero attached hydrogens (tertiary/aromatic N) is 1. The Morgan fingerprint density at radius 1 is 1.10 bits per heavy atom. The molecule has 0 aliphatic carbocycles. The van der Waals surface area contributed by atoms with Crippen molar-refractivity contribution in [3.8, 4) is 5.75 Å². The van der Waals surface area contributed by atoms with Crippen molar-refractivity contribution in [1.82, 2.24) is 4.90 Å². The number of amides is 1. The molecule has 0 saturated carbocycles. The summed E-state index contributed by atoms with van der Waals surface area (Å²) in [5.41, 5.74) is 3.00. The van der Waals surface area contributed by atoms with Crippen molar-refractivity contribution in [2.45, 2.75) is 26.3 Å². The number of ketones is 1. The third-order valence-corrected chi connectivity index (χ3v) is 5.28. The molecule has 2 aromatic rings. The van der Waals surface area contributed by atoms with E-state index >= 15 is 0 Å². The lowest BCUT2D eigenvalue weighted by molar-refractivity contribution is -0.140. The molecule has 30 heavy (non-hydrogen) atoms. The normalized spacial score (nSPS) is 18.1. The first-order chi connectivity index (χ1) is 14.4. The molecule has 1 atom stereocenters. The molecule has 1 N–H and O–H groups in total. The first kappa shape index (κ1) is 21.6. The van der Waals surface area contributed by atoms with Crippen LogP contribution in [0.3, 0.4) is 0 Å². The van der Waals surface area contributed by atoms with Gasteiger partial charge in [-0.1, -0.05) is 36.4 Å². The molecule has 3 rings (SSSR count). The molecule has 1 amide bonds. The van der Waals surface area contributed by atoms with Gasteiger partial charge in [0.2, 0.25) is 0 Å². The summed E-state index contributed by atoms with van der Waals surface area (Å²) in [4.78, 5) is 27.4. The molecule has 0 radical (unpaired) electrons. The number of ether oxygens (including phenoxy) is 2. The second-order valence-electron chi connectivity index (χ2n) is 7.41. The van der Waals surface area contributed by atoms with Crippen LogP contribution in [0.15, 0.2) is 48.0 Å². The van der Waals surface area contributed by atoms with Gasteiger partial charge >= 0.3 is 0 Å². The predicted octanol–water partition coefficient (Wildman–Crippen LogP) is 3.77. The molecule has 2 aromatic carbocycles. The Balaban J connectivity index is 2.20. The second-order valence-corrected chi connectivity index (χ2v) is 7.41. The van der Waals surface area contributed by atoms with Crippen molar-refractivity contribution in [3.63, 3.8) is 0 Å². The molecule has 1 aliphatic rings. The number of carbonyl (C=O) groups is 2. The molecular weight excluding hydrogens is 382 g/mol. The maximum Gasteiger partial charge on any atom is 0.295 e. The molecule has 1 saturated heterocycles. The number of benzene rings is 2. The van der Waals surface area contributed by atoms with Crippen LogP contribution in [0.5, 0.6) is 5.75 Å². The van der Waals surface area contributed by atoms with E-state index in [0.717, 1.165) is 16.7 Å². The highest BCUT2D eigenvalue weighted by atomic mass is 16.5. The van der Waals surface area contributed by atoms with Gasteiger partial charge in [0.15, 0.2) is 0 Å². The number of likely N-dealkylation sites (tertiary alicyclic amines) is 1. The van der Waals surface area contributed by atoms with Crippen LogP contribution >= 0.6 is 0 Å². The Morgan fingerprint density at radius 3 is 2.43 bits per heavy atom. The zero-order valence-electron chi connectivity index (χ0n) is 17.8. The van der Waals surface area contributed by atoms with Gasteiger partial charge in [-0.05, 0) is 43.0 Å². The van der Waals surface area contributed by atoms with Gasteiger partial charge in [0, 0.05) is 20.3 Å². The molecule has 1 unspecified atom stereocenters. The zero-order valence-corrected chi connectivity index (χ0v) is 17.8. The number of carbonyl (C=O) groups excluding carboxylic acids is 2. The lowest BCUT2D eigenvalue weighted by Gasteiger charge is -2.25. The fourth-order valence-corrected chi connectivity index (χ4v) is 4.02. The van der Waals surface area contributed by atoms with Crippen LogP contribution in [0.4, 0.5) is 0 Å². The van der Waals surface area contributed by atoms with E-state index in [1.807, 2.05) is 50.2 Å². The van der Waals surface area contributed by atoms with Gasteiger partial charge in [-0.2, -0.15) is 0 Å². The van der Waals surface area contributed by atoms with Crippen LogP contribution in [0, 0.1) is 13.8 Å². The van der Waals surface area contributed by atoms with E-state index in [-0.39, 0.29) is 11.3 Å². The number of Topliss-reactive ketones (excluding diaryl/α,β-unsaturated/α-hetero) is 1. The summed E-state index contributed by atoms with van der Waals surface area (Å²) in [5.74, 6) is -1.06. The summed E-state index contributed by atoms with van der Waals surface area (Å²) in [6, 6.07) is 12.3. The van der Waals surface area contributed by atoms with E-state index in [1.165, 1.54) is 12.0 Å². The number of rotatable bonds is 7. The Morgan fingerprint density at radius 2 is 1.80 bits per heavy atom. The lowest BCUT2D eigenvalue weighted by Crippen LogP contribution is -2.31. The molecule has 158 valence electrons. The Hall–Kier alpha value is -3.12. The Labute approximate surface area is 176 Å². The highest BCUT2D eigenvalue weighted by molar-refractivity contribution is 6.46. The van der Waals surface area contributed by atoms with Gasteiger partial charge in [0.1, 0.15) is 11.5 Å². The van der Waals surface area contributed by atoms with Gasteiger partial charge in [-0.15, -0.1) is 0 Å². The number of hydrogen-bond acceptors (Lipinski definition) is 5. The van der Waals surface area contributed by atoms with Crippen LogP contribution in [0.1, 0.15) is 34.7 Å². The predicted molar refractivity (Wildman–Crippen MR) is 114 cm³/mol. The van der Waals surface area contributed by atoms with E-state index in [0.29, 0.717) is 30.9 Å². The topological polar surface area (TPSA) is 76.1 Å². The summed E-state index contributed by atoms with van der Waals surface area (Å²) in [5, 5.41) is 11.3. The molecule has 0 aromatic heterocycles. The number of aryl methyl sites for hydroxylation is 2. The number of methoxy groups -OCH3 is 2. The largest absolute Gasteiger partial charge is 0.507 e. The van der Waals surface area contributed by atoms with Crippen molar-refractivity contribution in [2.75, 3.05) is 27.4 Å². The number of hydrogen-bond donors (Lipinski definition) is 1. The minimum absolute atomic E-state index is 0.0758. The summed E-state index contributed by atoms with van der Waals surface area (Å²) in [6.07, 6.45) is 0.583. The second kappa shape index (κ2) is 9.13. The molecule has 6 nitrogen and oxygen atoms in total. The average Bonchev–Trinajstić information content (AvgIpc) is 2.98. The molecule has 1 fully saturated rings. The Kier molecular flexibility index (Phi) is 6.57. The fraction of sp³-hybridized carbons (Fsp3) is 0.333. The highest BCUT2D eigenvalue weighted by Gasteiger charge is 2.46. The minimum Gasteiger partial charge on any atom is -0.507 e. The van der Waals surface area contributed by atoms with Crippen LogP contribution in [-0.4, -0.2) is 49.1 Å². The quantitative estimate of drug-likeness (QED) is 0.326. The monoisotopic (exact) mass is 409 g/mol. The summed E-state index contributed by atoms with van der Waals surface area (Å²) < 4.78 is 10.6. The lowest BCUT2D eigenvalue weighted by atomic mass is 9.93. The fourth-order valence-electron chi connectivity index (χ4n) is 4.02. The SMILES string of the molecule is COCCCN1C(=O)C(=O)/C(=C(/O)c2cc(C)cc(C)c2OC)C1c1ccccc1. The minimum atomic E-state index is -0.694. The molecule has 0 bridgehead atoms. The van der Waals surface area contributed by atoms with Gasteiger partial charge in [0.25, 0.3) is 11.7 Å². The van der Waals surface area contributed by atoms with Gasteiger partial charge in [-0.25, -0.2) is 0 Å². The van der Waals surface area contributed by atoms with E-state index in [9.17, 15) is 14.7 Å². The van der Waals surface area contributed by atoms with Gasteiger partial charge in [0.05, 0.1) is 24.3 Å². The van der Waals surface area contributed by atoms with Crippen LogP contribution in [0.2, 0.25) is 0 Å². The van der Waals surface area contributed by atoms with E-state index in [2.05, 4.69) is 0 Å². The zero-order chi connectivity index (χ0) is 21.8. The first-order valence-corrected chi connectivity index (χ1v) is 9.88. The first-order valence-electron chi connectivity index (χ1n) is 9.88. The standard InChI is InChI=1S/C24H27NO5/c1-15-13-16(2)23(30-4)18(14-15)21(26)19-20(17-9-6-5-7-10-17)25(11-8-12-29-3)24(28)22(19)27/h5-7,9-10,13-14,20,26H,8,11-12H2,1-4H3/b21-19+. The van der Waals surface area contributed by atoms with Crippen molar-refractivity contribution in [3.05, 3.63) is 70.3 Å². The van der Waals surface area contributed by atoms with Gasteiger partial charge in [-0.3, -0.25) is 9.59 Å². The summed E-state index contributed by atoms with van der Waals surface area (Å²) in [6.45, 7) is 4.59. The maximum atomic E-state index is 13.0. The smallest absolute Gasteiger partial charge is 0.295 e. The van der Waals surface area contributed by atoms with Crippen LogP contribution < -0.4 is 4.74 Å².